The molecule has 100 valence electrons. The van der Waals surface area contributed by atoms with Gasteiger partial charge in [0.2, 0.25) is 0 Å². The van der Waals surface area contributed by atoms with Crippen molar-refractivity contribution in [1.29, 1.82) is 0 Å². The van der Waals surface area contributed by atoms with E-state index in [1.54, 1.807) is 12.1 Å². The van der Waals surface area contributed by atoms with Gasteiger partial charge in [0, 0.05) is 5.56 Å². The van der Waals surface area contributed by atoms with Crippen LogP contribution in [-0.4, -0.2) is 18.2 Å². The second kappa shape index (κ2) is 5.16. The first-order chi connectivity index (χ1) is 8.18. The molecule has 0 aliphatic heterocycles. The Balaban J connectivity index is 3.46. The lowest BCUT2D eigenvalue weighted by molar-refractivity contribution is -0.138. The summed E-state index contributed by atoms with van der Waals surface area (Å²) in [6, 6.07) is 2.36. The van der Waals surface area contributed by atoms with Crippen molar-refractivity contribution < 1.29 is 14.6 Å². The van der Waals surface area contributed by atoms with Crippen LogP contribution in [0.3, 0.4) is 0 Å². The number of rotatable bonds is 3. The molecule has 1 aromatic carbocycles. The fourth-order valence-corrected chi connectivity index (χ4v) is 1.93. The number of halogens is 1. The van der Waals surface area contributed by atoms with Gasteiger partial charge in [0.05, 0.1) is 12.1 Å². The van der Waals surface area contributed by atoms with Gasteiger partial charge in [-0.15, -0.1) is 0 Å². The predicted molar refractivity (Wildman–Crippen MR) is 71.3 cm³/mol. The number of carbonyl (C=O) groups is 1. The van der Waals surface area contributed by atoms with Gasteiger partial charge in [-0.3, -0.25) is 4.79 Å². The average molecular weight is 272 g/mol. The molecule has 0 amide bonds. The van der Waals surface area contributed by atoms with Gasteiger partial charge in [0.25, 0.3) is 0 Å². The van der Waals surface area contributed by atoms with Gasteiger partial charge in [-0.2, -0.15) is 0 Å². The first-order valence-electron chi connectivity index (χ1n) is 5.54. The van der Waals surface area contributed by atoms with Crippen molar-refractivity contribution in [3.05, 3.63) is 28.3 Å². The van der Waals surface area contributed by atoms with Gasteiger partial charge in [-0.1, -0.05) is 32.4 Å². The SMILES string of the molecule is COc1c(Cl)cc(C(C)(C)C)cc1C(N)C(=O)O. The van der Waals surface area contributed by atoms with Crippen LogP contribution < -0.4 is 10.5 Å². The van der Waals surface area contributed by atoms with E-state index in [9.17, 15) is 4.79 Å². The Morgan fingerprint density at radius 2 is 2.00 bits per heavy atom. The minimum atomic E-state index is -1.15. The van der Waals surface area contributed by atoms with Crippen molar-refractivity contribution in [2.24, 2.45) is 5.73 Å². The second-order valence-corrected chi connectivity index (χ2v) is 5.55. The summed E-state index contributed by atoms with van der Waals surface area (Å²) in [4.78, 5) is 11.0. The molecule has 0 radical (unpaired) electrons. The molecule has 0 spiro atoms. The summed E-state index contributed by atoms with van der Waals surface area (Å²) < 4.78 is 5.14. The molecule has 0 fully saturated rings. The molecule has 0 saturated heterocycles. The molecule has 3 N–H and O–H groups in total. The lowest BCUT2D eigenvalue weighted by atomic mass is 9.85. The first-order valence-corrected chi connectivity index (χ1v) is 5.92. The third-order valence-corrected chi connectivity index (χ3v) is 3.02. The maximum atomic E-state index is 11.0. The Bertz CT molecular complexity index is 466. The largest absolute Gasteiger partial charge is 0.495 e. The third kappa shape index (κ3) is 2.94. The van der Waals surface area contributed by atoms with Crippen LogP contribution in [0.25, 0.3) is 0 Å². The second-order valence-electron chi connectivity index (χ2n) is 5.15. The highest BCUT2D eigenvalue weighted by atomic mass is 35.5. The molecule has 0 bridgehead atoms. The van der Waals surface area contributed by atoms with Crippen LogP contribution in [0, 0.1) is 0 Å². The number of methoxy groups -OCH3 is 1. The minimum Gasteiger partial charge on any atom is -0.495 e. The quantitative estimate of drug-likeness (QED) is 0.887. The molecule has 0 aliphatic rings. The Kier molecular flexibility index (Phi) is 4.24. The summed E-state index contributed by atoms with van der Waals surface area (Å²) in [5, 5.41) is 9.39. The van der Waals surface area contributed by atoms with E-state index in [0.717, 1.165) is 5.56 Å². The van der Waals surface area contributed by atoms with Crippen molar-refractivity contribution in [1.82, 2.24) is 0 Å². The number of hydrogen-bond acceptors (Lipinski definition) is 3. The molecule has 5 heteroatoms. The van der Waals surface area contributed by atoms with Gasteiger partial charge >= 0.3 is 5.97 Å². The summed E-state index contributed by atoms with van der Waals surface area (Å²) in [6.45, 7) is 6.05. The molecule has 0 saturated carbocycles. The zero-order chi connectivity index (χ0) is 14.1. The molecule has 0 aliphatic carbocycles. The molecule has 4 nitrogen and oxygen atoms in total. The van der Waals surface area contributed by atoms with Crippen LogP contribution in [0.5, 0.6) is 5.75 Å². The van der Waals surface area contributed by atoms with E-state index >= 15 is 0 Å². The van der Waals surface area contributed by atoms with Crippen LogP contribution in [0.4, 0.5) is 0 Å². The van der Waals surface area contributed by atoms with Crippen LogP contribution in [0.15, 0.2) is 12.1 Å². The summed E-state index contributed by atoms with van der Waals surface area (Å²) in [7, 11) is 1.44. The number of carboxylic acids is 1. The number of aliphatic carboxylic acids is 1. The Morgan fingerprint density at radius 3 is 2.39 bits per heavy atom. The maximum Gasteiger partial charge on any atom is 0.325 e. The van der Waals surface area contributed by atoms with Gasteiger partial charge in [-0.05, 0) is 23.1 Å². The van der Waals surface area contributed by atoms with E-state index in [0.29, 0.717) is 16.3 Å². The topological polar surface area (TPSA) is 72.5 Å². The summed E-state index contributed by atoms with van der Waals surface area (Å²) >= 11 is 6.12. The van der Waals surface area contributed by atoms with Gasteiger partial charge in [0.15, 0.2) is 0 Å². The molecule has 1 rings (SSSR count). The van der Waals surface area contributed by atoms with Gasteiger partial charge in [-0.25, -0.2) is 0 Å². The fraction of sp³-hybridized carbons (Fsp3) is 0.462. The molecule has 0 aromatic heterocycles. The number of ether oxygens (including phenoxy) is 1. The van der Waals surface area contributed by atoms with Crippen molar-refractivity contribution in [2.75, 3.05) is 7.11 Å². The highest BCUT2D eigenvalue weighted by Gasteiger charge is 2.24. The molecule has 18 heavy (non-hydrogen) atoms. The normalized spacial score (nSPS) is 13.2. The van der Waals surface area contributed by atoms with E-state index in [1.165, 1.54) is 7.11 Å². The zero-order valence-electron chi connectivity index (χ0n) is 11.0. The maximum absolute atomic E-state index is 11.0. The summed E-state index contributed by atoms with van der Waals surface area (Å²) in [5.41, 5.74) is 6.81. The van der Waals surface area contributed by atoms with E-state index in [4.69, 9.17) is 27.2 Å². The van der Waals surface area contributed by atoms with Crippen LogP contribution >= 0.6 is 11.6 Å². The number of carboxylic acid groups (broad SMARTS) is 1. The Morgan fingerprint density at radius 1 is 1.44 bits per heavy atom. The average Bonchev–Trinajstić information content (AvgIpc) is 2.25. The minimum absolute atomic E-state index is 0.150. The van der Waals surface area contributed by atoms with Crippen molar-refractivity contribution in [2.45, 2.75) is 32.2 Å². The first kappa shape index (κ1) is 14.8. The molecule has 0 heterocycles. The predicted octanol–water partition coefficient (Wildman–Crippen LogP) is 2.73. The monoisotopic (exact) mass is 271 g/mol. The van der Waals surface area contributed by atoms with Crippen molar-refractivity contribution in [3.8, 4) is 5.75 Å². The standard InChI is InChI=1S/C13H18ClNO3/c1-13(2,3)7-5-8(10(15)12(16)17)11(18-4)9(14)6-7/h5-6,10H,15H2,1-4H3,(H,16,17). The molecule has 1 aromatic rings. The van der Waals surface area contributed by atoms with Crippen molar-refractivity contribution >= 4 is 17.6 Å². The molecular formula is C13H18ClNO3. The smallest absolute Gasteiger partial charge is 0.325 e. The fourth-order valence-electron chi connectivity index (χ4n) is 1.63. The van der Waals surface area contributed by atoms with E-state index < -0.39 is 12.0 Å². The summed E-state index contributed by atoms with van der Waals surface area (Å²) in [6.07, 6.45) is 0. The van der Waals surface area contributed by atoms with Crippen molar-refractivity contribution in [3.63, 3.8) is 0 Å². The number of benzene rings is 1. The lowest BCUT2D eigenvalue weighted by Gasteiger charge is -2.23. The lowest BCUT2D eigenvalue weighted by Crippen LogP contribution is -2.22. The molecule has 1 unspecified atom stereocenters. The van der Waals surface area contributed by atoms with E-state index in [-0.39, 0.29) is 5.41 Å². The van der Waals surface area contributed by atoms with E-state index in [1.807, 2.05) is 20.8 Å². The van der Waals surface area contributed by atoms with Crippen LogP contribution in [0.1, 0.15) is 37.9 Å². The zero-order valence-corrected chi connectivity index (χ0v) is 11.7. The number of hydrogen-bond donors (Lipinski definition) is 2. The van der Waals surface area contributed by atoms with Crippen LogP contribution in [-0.2, 0) is 10.2 Å². The highest BCUT2D eigenvalue weighted by molar-refractivity contribution is 6.32. The molecular weight excluding hydrogens is 254 g/mol. The Labute approximate surface area is 112 Å². The van der Waals surface area contributed by atoms with Gasteiger partial charge in [0.1, 0.15) is 11.8 Å². The Hall–Kier alpha value is -1.26. The molecule has 1 atom stereocenters. The summed E-state index contributed by atoms with van der Waals surface area (Å²) in [5.74, 6) is -0.796. The van der Waals surface area contributed by atoms with Crippen LogP contribution in [0.2, 0.25) is 5.02 Å². The van der Waals surface area contributed by atoms with Gasteiger partial charge < -0.3 is 15.6 Å². The third-order valence-electron chi connectivity index (χ3n) is 2.74. The highest BCUT2D eigenvalue weighted by Crippen LogP contribution is 2.37. The van der Waals surface area contributed by atoms with E-state index in [2.05, 4.69) is 0 Å². The number of nitrogens with two attached hydrogens (primary N) is 1.